The van der Waals surface area contributed by atoms with E-state index in [1.54, 1.807) is 10.3 Å². The number of benzene rings is 2. The average Bonchev–Trinajstić information content (AvgIpc) is 3.21. The summed E-state index contributed by atoms with van der Waals surface area (Å²) in [6, 6.07) is 13.0. The normalized spacial score (nSPS) is 15.6. The van der Waals surface area contributed by atoms with Crippen molar-refractivity contribution in [3.05, 3.63) is 76.0 Å². The number of thiazole rings is 1. The first-order chi connectivity index (χ1) is 14.0. The summed E-state index contributed by atoms with van der Waals surface area (Å²) in [6.45, 7) is 0.576. The standard InChI is InChI=1S/C21H18FN3O3S/c22-13-5-7-14(8-6-13)28-11-19-24-17(12-29-19)21(27)25-10-9-16(20(23)26)15-3-1-2-4-18(15)25/h1-8,12,16H,9-11H2,(H2,23,26)/t16-/m1/s1. The van der Waals surface area contributed by atoms with Crippen molar-refractivity contribution >= 4 is 28.8 Å². The predicted octanol–water partition coefficient (Wildman–Crippen LogP) is 3.48. The summed E-state index contributed by atoms with van der Waals surface area (Å²) in [6.07, 6.45) is 0.475. The third kappa shape index (κ3) is 3.97. The minimum Gasteiger partial charge on any atom is -0.486 e. The maximum absolute atomic E-state index is 13.0. The van der Waals surface area contributed by atoms with Gasteiger partial charge in [-0.25, -0.2) is 9.37 Å². The molecular weight excluding hydrogens is 393 g/mol. The second-order valence-electron chi connectivity index (χ2n) is 6.63. The molecule has 0 spiro atoms. The molecule has 0 bridgehead atoms. The molecule has 8 heteroatoms. The Hall–Kier alpha value is -3.26. The van der Waals surface area contributed by atoms with Crippen LogP contribution in [-0.4, -0.2) is 23.3 Å². The summed E-state index contributed by atoms with van der Waals surface area (Å²) in [5.41, 5.74) is 7.28. The van der Waals surface area contributed by atoms with Gasteiger partial charge < -0.3 is 15.4 Å². The van der Waals surface area contributed by atoms with Crippen LogP contribution in [-0.2, 0) is 11.4 Å². The van der Waals surface area contributed by atoms with Crippen LogP contribution in [0.5, 0.6) is 5.75 Å². The highest BCUT2D eigenvalue weighted by atomic mass is 32.1. The molecular formula is C21H18FN3O3S. The van der Waals surface area contributed by atoms with Gasteiger partial charge in [0.15, 0.2) is 0 Å². The number of aromatic nitrogens is 1. The van der Waals surface area contributed by atoms with Crippen molar-refractivity contribution in [3.63, 3.8) is 0 Å². The van der Waals surface area contributed by atoms with Gasteiger partial charge in [0.25, 0.3) is 5.91 Å². The maximum Gasteiger partial charge on any atom is 0.277 e. The molecule has 148 valence electrons. The highest BCUT2D eigenvalue weighted by Crippen LogP contribution is 2.35. The molecule has 2 aromatic carbocycles. The van der Waals surface area contributed by atoms with Gasteiger partial charge in [-0.15, -0.1) is 11.3 Å². The van der Waals surface area contributed by atoms with Crippen molar-refractivity contribution < 1.29 is 18.7 Å². The average molecular weight is 411 g/mol. The Kier molecular flexibility index (Phi) is 5.26. The monoisotopic (exact) mass is 411 g/mol. The molecule has 0 aliphatic carbocycles. The number of hydrogen-bond donors (Lipinski definition) is 1. The van der Waals surface area contributed by atoms with E-state index in [2.05, 4.69) is 4.98 Å². The fourth-order valence-corrected chi connectivity index (χ4v) is 4.04. The molecule has 1 aliphatic rings. The Morgan fingerprint density at radius 2 is 1.97 bits per heavy atom. The zero-order chi connectivity index (χ0) is 20.4. The van der Waals surface area contributed by atoms with Crippen molar-refractivity contribution in [2.45, 2.75) is 18.9 Å². The van der Waals surface area contributed by atoms with Crippen LogP contribution in [0.25, 0.3) is 0 Å². The number of carbonyl (C=O) groups excluding carboxylic acids is 2. The highest BCUT2D eigenvalue weighted by molar-refractivity contribution is 7.09. The lowest BCUT2D eigenvalue weighted by Crippen LogP contribution is -2.39. The van der Waals surface area contributed by atoms with Gasteiger partial charge >= 0.3 is 0 Å². The van der Waals surface area contributed by atoms with E-state index in [-0.39, 0.29) is 18.3 Å². The summed E-state index contributed by atoms with van der Waals surface area (Å²) in [5.74, 6) is -0.828. The Morgan fingerprint density at radius 1 is 1.21 bits per heavy atom. The van der Waals surface area contributed by atoms with Crippen LogP contribution in [0.1, 0.15) is 33.4 Å². The molecule has 0 unspecified atom stereocenters. The largest absolute Gasteiger partial charge is 0.486 e. The van der Waals surface area contributed by atoms with E-state index in [1.807, 2.05) is 24.3 Å². The van der Waals surface area contributed by atoms with Gasteiger partial charge in [0.05, 0.1) is 5.92 Å². The molecule has 2 N–H and O–H groups in total. The number of nitrogens with zero attached hydrogens (tertiary/aromatic N) is 2. The third-order valence-electron chi connectivity index (χ3n) is 4.78. The minimum atomic E-state index is -0.398. The first-order valence-corrected chi connectivity index (χ1v) is 9.94. The molecule has 1 aromatic heterocycles. The molecule has 0 saturated carbocycles. The lowest BCUT2D eigenvalue weighted by molar-refractivity contribution is -0.119. The van der Waals surface area contributed by atoms with E-state index in [9.17, 15) is 14.0 Å². The molecule has 2 heterocycles. The van der Waals surface area contributed by atoms with Crippen molar-refractivity contribution in [3.8, 4) is 5.75 Å². The molecule has 2 amide bonds. The van der Waals surface area contributed by atoms with Gasteiger partial charge in [0.1, 0.15) is 28.9 Å². The number of ether oxygens (including phenoxy) is 1. The van der Waals surface area contributed by atoms with Crippen molar-refractivity contribution in [1.29, 1.82) is 0 Å². The van der Waals surface area contributed by atoms with Crippen LogP contribution in [0.4, 0.5) is 10.1 Å². The highest BCUT2D eigenvalue weighted by Gasteiger charge is 2.32. The Balaban J connectivity index is 1.49. The lowest BCUT2D eigenvalue weighted by Gasteiger charge is -2.32. The van der Waals surface area contributed by atoms with Gasteiger partial charge in [0, 0.05) is 17.6 Å². The number of rotatable bonds is 5. The summed E-state index contributed by atoms with van der Waals surface area (Å²) < 4.78 is 18.5. The van der Waals surface area contributed by atoms with E-state index in [1.165, 1.54) is 35.6 Å². The number of fused-ring (bicyclic) bond motifs is 1. The van der Waals surface area contributed by atoms with Crippen LogP contribution in [0.3, 0.4) is 0 Å². The van der Waals surface area contributed by atoms with Gasteiger partial charge in [-0.3, -0.25) is 9.59 Å². The smallest absolute Gasteiger partial charge is 0.277 e. The topological polar surface area (TPSA) is 85.5 Å². The fourth-order valence-electron chi connectivity index (χ4n) is 3.36. The molecule has 4 rings (SSSR count). The molecule has 6 nitrogen and oxygen atoms in total. The van der Waals surface area contributed by atoms with Crippen molar-refractivity contribution in [2.75, 3.05) is 11.4 Å². The van der Waals surface area contributed by atoms with E-state index < -0.39 is 11.8 Å². The first-order valence-electron chi connectivity index (χ1n) is 9.06. The Morgan fingerprint density at radius 3 is 2.72 bits per heavy atom. The van der Waals surface area contributed by atoms with Gasteiger partial charge in [0.2, 0.25) is 5.91 Å². The number of halogens is 1. The quantitative estimate of drug-likeness (QED) is 0.697. The van der Waals surface area contributed by atoms with Crippen molar-refractivity contribution in [2.24, 2.45) is 5.73 Å². The van der Waals surface area contributed by atoms with Crippen LogP contribution < -0.4 is 15.4 Å². The molecule has 3 aromatic rings. The molecule has 1 aliphatic heterocycles. The number of para-hydroxylation sites is 1. The first kappa shape index (κ1) is 19.1. The Bertz CT molecular complexity index is 1050. The van der Waals surface area contributed by atoms with E-state index >= 15 is 0 Å². The van der Waals surface area contributed by atoms with Gasteiger partial charge in [-0.05, 0) is 42.3 Å². The summed E-state index contributed by atoms with van der Waals surface area (Å²) in [7, 11) is 0. The summed E-state index contributed by atoms with van der Waals surface area (Å²) in [5, 5.41) is 2.33. The second-order valence-corrected chi connectivity index (χ2v) is 7.57. The van der Waals surface area contributed by atoms with E-state index in [4.69, 9.17) is 10.5 Å². The number of anilines is 1. The second kappa shape index (κ2) is 8.00. The molecule has 29 heavy (non-hydrogen) atoms. The summed E-state index contributed by atoms with van der Waals surface area (Å²) in [4.78, 5) is 30.8. The lowest BCUT2D eigenvalue weighted by atomic mass is 9.89. The SMILES string of the molecule is NC(=O)[C@@H]1CCN(C(=O)c2csc(COc3ccc(F)cc3)n2)c2ccccc21. The van der Waals surface area contributed by atoms with Crippen molar-refractivity contribution in [1.82, 2.24) is 4.98 Å². The Labute approximate surface area is 170 Å². The van der Waals surface area contributed by atoms with E-state index in [0.29, 0.717) is 35.1 Å². The number of amides is 2. The number of nitrogens with two attached hydrogens (primary N) is 1. The zero-order valence-corrected chi connectivity index (χ0v) is 16.2. The van der Waals surface area contributed by atoms with Gasteiger partial charge in [-0.1, -0.05) is 18.2 Å². The number of hydrogen-bond acceptors (Lipinski definition) is 5. The zero-order valence-electron chi connectivity index (χ0n) is 15.4. The molecule has 1 atom stereocenters. The van der Waals surface area contributed by atoms with Crippen LogP contribution in [0, 0.1) is 5.82 Å². The van der Waals surface area contributed by atoms with Gasteiger partial charge in [-0.2, -0.15) is 0 Å². The molecule has 0 radical (unpaired) electrons. The van der Waals surface area contributed by atoms with E-state index in [0.717, 1.165) is 5.56 Å². The predicted molar refractivity (Wildman–Crippen MR) is 108 cm³/mol. The molecule has 0 fully saturated rings. The van der Waals surface area contributed by atoms with Crippen LogP contribution >= 0.6 is 11.3 Å². The van der Waals surface area contributed by atoms with Crippen LogP contribution in [0.2, 0.25) is 0 Å². The third-order valence-corrected chi connectivity index (χ3v) is 5.60. The number of carbonyl (C=O) groups is 2. The number of primary amides is 1. The summed E-state index contributed by atoms with van der Waals surface area (Å²) >= 11 is 1.32. The van der Waals surface area contributed by atoms with Crippen LogP contribution in [0.15, 0.2) is 53.9 Å². The fraction of sp³-hybridized carbons (Fsp3) is 0.190. The molecule has 0 saturated heterocycles. The minimum absolute atomic E-state index is 0.184. The maximum atomic E-state index is 13.0.